The molecule has 0 radical (unpaired) electrons. The number of hydrogen-bond acceptors (Lipinski definition) is 1. The van der Waals surface area contributed by atoms with E-state index in [9.17, 15) is 0 Å². The Morgan fingerprint density at radius 2 is 1.00 bits per heavy atom. The van der Waals surface area contributed by atoms with E-state index in [4.69, 9.17) is 12.2 Å². The summed E-state index contributed by atoms with van der Waals surface area (Å²) in [4.78, 5) is 0. The van der Waals surface area contributed by atoms with Gasteiger partial charge in [0.2, 0.25) is 0 Å². The van der Waals surface area contributed by atoms with E-state index in [1.54, 1.807) is 0 Å². The zero-order valence-corrected chi connectivity index (χ0v) is 15.3. The first-order valence-corrected chi connectivity index (χ1v) is 9.45. The zero-order valence-electron chi connectivity index (χ0n) is 14.5. The minimum absolute atomic E-state index is 0.120. The third-order valence-corrected chi connectivity index (χ3v) is 5.16. The normalized spacial score (nSPS) is 11.2. The Labute approximate surface area is 156 Å². The van der Waals surface area contributed by atoms with E-state index >= 15 is 0 Å². The first kappa shape index (κ1) is 17.6. The molecule has 0 aliphatic rings. The summed E-state index contributed by atoms with van der Waals surface area (Å²) in [5.74, 6) is 0. The van der Waals surface area contributed by atoms with Crippen LogP contribution in [0.4, 0.5) is 0 Å². The van der Waals surface area contributed by atoms with Gasteiger partial charge in [-0.3, -0.25) is 0 Å². The second-order valence-electron chi connectivity index (χ2n) is 6.42. The maximum Gasteiger partial charge on any atom is 0.0451 e. The Kier molecular flexibility index (Phi) is 6.14. The van der Waals surface area contributed by atoms with Gasteiger partial charge in [0.25, 0.3) is 0 Å². The molecule has 126 valence electrons. The molecule has 0 nitrogen and oxygen atoms in total. The van der Waals surface area contributed by atoms with Gasteiger partial charge in [-0.15, -0.1) is 0 Å². The molecule has 3 aromatic rings. The molecular formula is C24H24S. The number of benzene rings is 3. The highest BCUT2D eigenvalue weighted by Crippen LogP contribution is 2.43. The molecule has 3 rings (SSSR count). The molecule has 1 heteroatoms. The van der Waals surface area contributed by atoms with E-state index < -0.39 is 0 Å². The Bertz CT molecular complexity index is 666. The zero-order chi connectivity index (χ0) is 17.4. The van der Waals surface area contributed by atoms with Crippen molar-refractivity contribution in [1.82, 2.24) is 0 Å². The van der Waals surface area contributed by atoms with Crippen molar-refractivity contribution < 1.29 is 0 Å². The first-order chi connectivity index (χ1) is 12.4. The summed E-state index contributed by atoms with van der Waals surface area (Å²) in [6, 6.07) is 32.7. The molecule has 3 aromatic carbocycles. The number of rotatable bonds is 8. The van der Waals surface area contributed by atoms with Crippen LogP contribution in [0.5, 0.6) is 0 Å². The van der Waals surface area contributed by atoms with Crippen LogP contribution in [-0.2, 0) is 5.41 Å². The molecule has 0 unspecified atom stereocenters. The Morgan fingerprint density at radius 3 is 1.36 bits per heavy atom. The van der Waals surface area contributed by atoms with Gasteiger partial charge in [0.05, 0.1) is 0 Å². The van der Waals surface area contributed by atoms with Gasteiger partial charge in [0, 0.05) is 5.41 Å². The van der Waals surface area contributed by atoms with E-state index in [0.717, 1.165) is 25.7 Å². The molecule has 0 bridgehead atoms. The fourth-order valence-electron chi connectivity index (χ4n) is 3.72. The van der Waals surface area contributed by atoms with Crippen molar-refractivity contribution in [3.8, 4) is 0 Å². The van der Waals surface area contributed by atoms with Gasteiger partial charge in [-0.25, -0.2) is 0 Å². The lowest BCUT2D eigenvalue weighted by atomic mass is 9.66. The molecule has 0 heterocycles. The van der Waals surface area contributed by atoms with Crippen molar-refractivity contribution in [2.24, 2.45) is 0 Å². The van der Waals surface area contributed by atoms with Crippen LogP contribution in [0.15, 0.2) is 91.0 Å². The molecule has 0 spiro atoms. The molecule has 0 aromatic heterocycles. The summed E-state index contributed by atoms with van der Waals surface area (Å²) in [5, 5.41) is 1.86. The minimum atomic E-state index is -0.120. The van der Waals surface area contributed by atoms with Gasteiger partial charge < -0.3 is 0 Å². The summed E-state index contributed by atoms with van der Waals surface area (Å²) in [7, 11) is 0. The maximum atomic E-state index is 5.01. The fraction of sp³-hybridized carbons (Fsp3) is 0.208. The summed E-state index contributed by atoms with van der Waals surface area (Å²) < 4.78 is 0. The largest absolute Gasteiger partial charge is 0.0935 e. The topological polar surface area (TPSA) is 0 Å². The van der Waals surface area contributed by atoms with E-state index in [-0.39, 0.29) is 5.41 Å². The monoisotopic (exact) mass is 344 g/mol. The Balaban J connectivity index is 2.15. The molecule has 0 fully saturated rings. The number of unbranched alkanes of at least 4 members (excludes halogenated alkanes) is 2. The molecule has 0 saturated heterocycles. The SMILES string of the molecule is S=CCCCCC(c1ccccc1)(c1ccccc1)c1ccccc1. The molecule has 25 heavy (non-hydrogen) atoms. The van der Waals surface area contributed by atoms with Crippen molar-refractivity contribution in [2.45, 2.75) is 31.1 Å². The van der Waals surface area contributed by atoms with E-state index in [1.165, 1.54) is 16.7 Å². The maximum absolute atomic E-state index is 5.01. The van der Waals surface area contributed by atoms with Gasteiger partial charge in [-0.2, -0.15) is 0 Å². The quantitative estimate of drug-likeness (QED) is 0.253. The molecule has 0 aliphatic heterocycles. The van der Waals surface area contributed by atoms with Crippen LogP contribution in [-0.4, -0.2) is 5.37 Å². The van der Waals surface area contributed by atoms with Gasteiger partial charge >= 0.3 is 0 Å². The molecule has 0 atom stereocenters. The van der Waals surface area contributed by atoms with Crippen molar-refractivity contribution >= 4 is 17.6 Å². The van der Waals surface area contributed by atoms with Crippen LogP contribution in [0.2, 0.25) is 0 Å². The summed E-state index contributed by atoms with van der Waals surface area (Å²) in [5.41, 5.74) is 3.95. The third kappa shape index (κ3) is 3.88. The van der Waals surface area contributed by atoms with Crippen molar-refractivity contribution in [2.75, 3.05) is 0 Å². The van der Waals surface area contributed by atoms with E-state index in [1.807, 2.05) is 5.37 Å². The minimum Gasteiger partial charge on any atom is -0.0935 e. The van der Waals surface area contributed by atoms with Gasteiger partial charge in [0.15, 0.2) is 0 Å². The van der Waals surface area contributed by atoms with Gasteiger partial charge in [-0.05, 0) is 41.3 Å². The molecule has 0 saturated carbocycles. The third-order valence-electron chi connectivity index (χ3n) is 4.92. The predicted molar refractivity (Wildman–Crippen MR) is 111 cm³/mol. The second kappa shape index (κ2) is 8.73. The van der Waals surface area contributed by atoms with Crippen LogP contribution < -0.4 is 0 Å². The van der Waals surface area contributed by atoms with Gasteiger partial charge in [0.1, 0.15) is 0 Å². The Hall–Kier alpha value is -2.25. The van der Waals surface area contributed by atoms with Crippen LogP contribution in [0.3, 0.4) is 0 Å². The van der Waals surface area contributed by atoms with Crippen molar-refractivity contribution in [3.05, 3.63) is 108 Å². The van der Waals surface area contributed by atoms with Crippen LogP contribution in [0.25, 0.3) is 0 Å². The summed E-state index contributed by atoms with van der Waals surface area (Å²) in [6.07, 6.45) is 4.36. The summed E-state index contributed by atoms with van der Waals surface area (Å²) >= 11 is 5.01. The number of hydrogen-bond donors (Lipinski definition) is 0. The molecule has 0 N–H and O–H groups in total. The number of thiocarbonyl (C=S) groups is 1. The fourth-order valence-corrected chi connectivity index (χ4v) is 3.89. The second-order valence-corrected chi connectivity index (χ2v) is 6.75. The summed E-state index contributed by atoms with van der Waals surface area (Å²) in [6.45, 7) is 0. The van der Waals surface area contributed by atoms with Crippen molar-refractivity contribution in [3.63, 3.8) is 0 Å². The Morgan fingerprint density at radius 1 is 0.600 bits per heavy atom. The first-order valence-electron chi connectivity index (χ1n) is 8.98. The van der Waals surface area contributed by atoms with E-state index in [2.05, 4.69) is 91.0 Å². The van der Waals surface area contributed by atoms with Crippen LogP contribution in [0.1, 0.15) is 42.4 Å². The highest BCUT2D eigenvalue weighted by molar-refractivity contribution is 7.78. The highest BCUT2D eigenvalue weighted by atomic mass is 32.1. The smallest absolute Gasteiger partial charge is 0.0451 e. The molecular weight excluding hydrogens is 320 g/mol. The molecule has 0 amide bonds. The van der Waals surface area contributed by atoms with Crippen molar-refractivity contribution in [1.29, 1.82) is 0 Å². The lowest BCUT2D eigenvalue weighted by molar-refractivity contribution is 0.523. The lowest BCUT2D eigenvalue weighted by Gasteiger charge is -2.36. The van der Waals surface area contributed by atoms with Gasteiger partial charge in [-0.1, -0.05) is 110 Å². The average Bonchev–Trinajstić information content (AvgIpc) is 2.70. The standard InChI is InChI=1S/C24H24S/c25-20-12-4-11-19-24(21-13-5-1-6-14-21,22-15-7-2-8-16-22)23-17-9-3-10-18-23/h1-3,5-10,13-18,20H,4,11-12,19H2. The van der Waals surface area contributed by atoms with E-state index in [0.29, 0.717) is 0 Å². The molecule has 0 aliphatic carbocycles. The predicted octanol–water partition coefficient (Wildman–Crippen LogP) is 6.58. The lowest BCUT2D eigenvalue weighted by Crippen LogP contribution is -2.29. The average molecular weight is 345 g/mol. The van der Waals surface area contributed by atoms with Crippen LogP contribution >= 0.6 is 12.2 Å². The highest BCUT2D eigenvalue weighted by Gasteiger charge is 2.35. The van der Waals surface area contributed by atoms with Crippen LogP contribution in [0, 0.1) is 0 Å².